The number of para-hydroxylation sites is 1. The molecular weight excluding hydrogens is 337 g/mol. The van der Waals surface area contributed by atoms with Gasteiger partial charge in [-0.3, -0.25) is 0 Å². The van der Waals surface area contributed by atoms with Crippen LogP contribution in [0.5, 0.6) is 5.75 Å². The maximum atomic E-state index is 13.5. The van der Waals surface area contributed by atoms with Crippen molar-refractivity contribution in [3.63, 3.8) is 0 Å². The molecule has 3 rings (SSSR count). The Hall–Kier alpha value is -2.08. The molecule has 6 heteroatoms. The van der Waals surface area contributed by atoms with Crippen LogP contribution in [0.15, 0.2) is 46.9 Å². The summed E-state index contributed by atoms with van der Waals surface area (Å²) in [6, 6.07) is 12.6. The number of ether oxygens (including phenoxy) is 1. The van der Waals surface area contributed by atoms with Gasteiger partial charge in [-0.1, -0.05) is 18.2 Å². The summed E-state index contributed by atoms with van der Waals surface area (Å²) in [5.74, 6) is 0.791. The molecule has 0 bridgehead atoms. The van der Waals surface area contributed by atoms with Crippen molar-refractivity contribution in [2.24, 2.45) is 0 Å². The topological polar surface area (TPSA) is 53.1 Å². The monoisotopic (exact) mass is 349 g/mol. The molecule has 0 aliphatic heterocycles. The van der Waals surface area contributed by atoms with E-state index in [4.69, 9.17) is 10.5 Å². The van der Waals surface area contributed by atoms with Gasteiger partial charge in [0.1, 0.15) is 18.2 Å². The molecule has 0 atom stereocenters. The minimum Gasteiger partial charge on any atom is -0.492 e. The van der Waals surface area contributed by atoms with Crippen LogP contribution in [0.2, 0.25) is 0 Å². The molecule has 0 aliphatic carbocycles. The van der Waals surface area contributed by atoms with Crippen molar-refractivity contribution in [1.29, 1.82) is 0 Å². The van der Waals surface area contributed by atoms with Crippen LogP contribution in [0.1, 0.15) is 0 Å². The van der Waals surface area contributed by atoms with Gasteiger partial charge in [0, 0.05) is 6.07 Å². The molecule has 0 saturated carbocycles. The average Bonchev–Trinajstić information content (AvgIpc) is 2.76. The second-order valence-electron chi connectivity index (χ2n) is 4.54. The molecule has 108 valence electrons. The van der Waals surface area contributed by atoms with Gasteiger partial charge in [0.05, 0.1) is 22.1 Å². The van der Waals surface area contributed by atoms with Gasteiger partial charge in [-0.2, -0.15) is 0 Å². The largest absolute Gasteiger partial charge is 0.492 e. The summed E-state index contributed by atoms with van der Waals surface area (Å²) in [5.41, 5.74) is 7.20. The van der Waals surface area contributed by atoms with Crippen molar-refractivity contribution in [1.82, 2.24) is 9.55 Å². The summed E-state index contributed by atoms with van der Waals surface area (Å²) in [7, 11) is 0. The summed E-state index contributed by atoms with van der Waals surface area (Å²) < 4.78 is 21.3. The number of hydrogen-bond acceptors (Lipinski definition) is 3. The average molecular weight is 350 g/mol. The van der Waals surface area contributed by atoms with Crippen LogP contribution in [-0.2, 0) is 6.54 Å². The van der Waals surface area contributed by atoms with Crippen LogP contribution in [0, 0.1) is 5.82 Å². The van der Waals surface area contributed by atoms with Gasteiger partial charge in [0.25, 0.3) is 0 Å². The third-order valence-corrected chi connectivity index (χ3v) is 3.75. The van der Waals surface area contributed by atoms with E-state index in [9.17, 15) is 4.39 Å². The predicted octanol–water partition coefficient (Wildman–Crippen LogP) is 3.60. The molecule has 0 fully saturated rings. The molecule has 2 aromatic carbocycles. The highest BCUT2D eigenvalue weighted by atomic mass is 79.9. The van der Waals surface area contributed by atoms with E-state index in [2.05, 4.69) is 20.9 Å². The van der Waals surface area contributed by atoms with Crippen molar-refractivity contribution in [2.45, 2.75) is 6.54 Å². The maximum Gasteiger partial charge on any atom is 0.201 e. The fraction of sp³-hybridized carbons (Fsp3) is 0.133. The van der Waals surface area contributed by atoms with Crippen molar-refractivity contribution >= 4 is 32.9 Å². The highest BCUT2D eigenvalue weighted by molar-refractivity contribution is 9.10. The number of fused-ring (bicyclic) bond motifs is 1. The molecule has 0 amide bonds. The van der Waals surface area contributed by atoms with E-state index >= 15 is 0 Å². The second kappa shape index (κ2) is 5.73. The maximum absolute atomic E-state index is 13.5. The number of halogens is 2. The fourth-order valence-corrected chi connectivity index (χ4v) is 2.48. The van der Waals surface area contributed by atoms with E-state index in [1.807, 2.05) is 34.9 Å². The number of nitrogens with two attached hydrogens (primary N) is 1. The van der Waals surface area contributed by atoms with E-state index in [-0.39, 0.29) is 5.82 Å². The Kier molecular flexibility index (Phi) is 3.79. The SMILES string of the molecule is Nc1nc2cc(F)c(Br)cc2n1CCOc1ccccc1. The van der Waals surface area contributed by atoms with E-state index in [1.165, 1.54) is 6.07 Å². The number of nitrogens with zero attached hydrogens (tertiary/aromatic N) is 2. The summed E-state index contributed by atoms with van der Waals surface area (Å²) in [4.78, 5) is 4.17. The van der Waals surface area contributed by atoms with E-state index < -0.39 is 0 Å². The minimum atomic E-state index is -0.354. The third-order valence-electron chi connectivity index (χ3n) is 3.15. The smallest absolute Gasteiger partial charge is 0.201 e. The van der Waals surface area contributed by atoms with E-state index in [0.29, 0.717) is 29.1 Å². The van der Waals surface area contributed by atoms with Crippen LogP contribution in [0.3, 0.4) is 0 Å². The molecule has 0 aliphatic rings. The van der Waals surface area contributed by atoms with Crippen molar-refractivity contribution < 1.29 is 9.13 Å². The lowest BCUT2D eigenvalue weighted by Crippen LogP contribution is -2.10. The lowest BCUT2D eigenvalue weighted by atomic mass is 10.3. The lowest BCUT2D eigenvalue weighted by Gasteiger charge is -2.09. The zero-order valence-electron chi connectivity index (χ0n) is 11.1. The van der Waals surface area contributed by atoms with Gasteiger partial charge in [-0.15, -0.1) is 0 Å². The first-order valence-corrected chi connectivity index (χ1v) is 7.23. The quantitative estimate of drug-likeness (QED) is 0.782. The standard InChI is InChI=1S/C15H13BrFN3O/c16-11-8-14-13(9-12(11)17)19-15(18)20(14)6-7-21-10-4-2-1-3-5-10/h1-5,8-9H,6-7H2,(H2,18,19). The number of hydrogen-bond donors (Lipinski definition) is 1. The Morgan fingerprint density at radius 1 is 1.24 bits per heavy atom. The Balaban J connectivity index is 1.80. The molecule has 2 N–H and O–H groups in total. The number of aromatic nitrogens is 2. The highest BCUT2D eigenvalue weighted by Crippen LogP contribution is 2.25. The summed E-state index contributed by atoms with van der Waals surface area (Å²) in [5, 5.41) is 0. The third kappa shape index (κ3) is 2.85. The van der Waals surface area contributed by atoms with Gasteiger partial charge in [-0.05, 0) is 34.1 Å². The van der Waals surface area contributed by atoms with Crippen LogP contribution in [-0.4, -0.2) is 16.2 Å². The van der Waals surface area contributed by atoms with Gasteiger partial charge < -0.3 is 15.0 Å². The Labute approximate surface area is 129 Å². The number of nitrogen functional groups attached to an aromatic ring is 1. The lowest BCUT2D eigenvalue weighted by molar-refractivity contribution is 0.301. The van der Waals surface area contributed by atoms with Crippen LogP contribution in [0.4, 0.5) is 10.3 Å². The Morgan fingerprint density at radius 3 is 2.76 bits per heavy atom. The zero-order valence-corrected chi connectivity index (χ0v) is 12.7. The van der Waals surface area contributed by atoms with Crippen molar-refractivity contribution in [2.75, 3.05) is 12.3 Å². The van der Waals surface area contributed by atoms with Crippen molar-refractivity contribution in [3.05, 3.63) is 52.8 Å². The molecule has 0 radical (unpaired) electrons. The molecule has 21 heavy (non-hydrogen) atoms. The van der Waals surface area contributed by atoms with E-state index in [0.717, 1.165) is 11.3 Å². The van der Waals surface area contributed by atoms with Crippen molar-refractivity contribution in [3.8, 4) is 5.75 Å². The van der Waals surface area contributed by atoms with Gasteiger partial charge in [-0.25, -0.2) is 9.37 Å². The normalized spacial score (nSPS) is 11.0. The molecule has 0 unspecified atom stereocenters. The summed E-state index contributed by atoms with van der Waals surface area (Å²) in [6.07, 6.45) is 0. The Bertz CT molecular complexity index is 773. The molecule has 0 spiro atoms. The molecular formula is C15H13BrFN3O. The van der Waals surface area contributed by atoms with Gasteiger partial charge >= 0.3 is 0 Å². The molecule has 1 aromatic heterocycles. The fourth-order valence-electron chi connectivity index (χ4n) is 2.15. The molecule has 3 aromatic rings. The first-order valence-electron chi connectivity index (χ1n) is 6.44. The number of anilines is 1. The predicted molar refractivity (Wildman–Crippen MR) is 83.7 cm³/mol. The first kappa shape index (κ1) is 13.9. The van der Waals surface area contributed by atoms with Gasteiger partial charge in [0.2, 0.25) is 5.95 Å². The van der Waals surface area contributed by atoms with Crippen LogP contribution in [0.25, 0.3) is 11.0 Å². The molecule has 0 saturated heterocycles. The van der Waals surface area contributed by atoms with Crippen LogP contribution >= 0.6 is 15.9 Å². The summed E-state index contributed by atoms with van der Waals surface area (Å²) >= 11 is 3.18. The minimum absolute atomic E-state index is 0.346. The number of benzene rings is 2. The number of rotatable bonds is 4. The molecule has 4 nitrogen and oxygen atoms in total. The zero-order chi connectivity index (χ0) is 14.8. The number of imidazole rings is 1. The second-order valence-corrected chi connectivity index (χ2v) is 5.39. The Morgan fingerprint density at radius 2 is 2.00 bits per heavy atom. The van der Waals surface area contributed by atoms with Gasteiger partial charge in [0.15, 0.2) is 0 Å². The summed E-state index contributed by atoms with van der Waals surface area (Å²) in [6.45, 7) is 0.990. The highest BCUT2D eigenvalue weighted by Gasteiger charge is 2.11. The van der Waals surface area contributed by atoms with Crippen LogP contribution < -0.4 is 10.5 Å². The van der Waals surface area contributed by atoms with E-state index in [1.54, 1.807) is 6.07 Å². The first-order chi connectivity index (χ1) is 10.1. The molecule has 1 heterocycles.